The van der Waals surface area contributed by atoms with Gasteiger partial charge in [-0.25, -0.2) is 19.9 Å². The van der Waals surface area contributed by atoms with Gasteiger partial charge < -0.3 is 0 Å². The molecule has 0 aliphatic carbocycles. The molecule has 0 aliphatic rings. The molecule has 3 aromatic rings. The second-order valence-electron chi connectivity index (χ2n) is 5.91. The number of rotatable bonds is 6. The molecule has 0 fully saturated rings. The quantitative estimate of drug-likeness (QED) is 0.671. The maximum Gasteiger partial charge on any atom is 0.162 e. The Morgan fingerprint density at radius 2 is 1.08 bits per heavy atom. The summed E-state index contributed by atoms with van der Waals surface area (Å²) in [5.41, 5.74) is 4.37. The lowest BCUT2D eigenvalue weighted by molar-refractivity contribution is 0.902. The highest BCUT2D eigenvalue weighted by molar-refractivity contribution is 5.58. The van der Waals surface area contributed by atoms with Gasteiger partial charge in [0.1, 0.15) is 0 Å². The molecule has 0 N–H and O–H groups in total. The molecule has 4 heteroatoms. The van der Waals surface area contributed by atoms with Gasteiger partial charge in [-0.2, -0.15) is 0 Å². The number of aromatic nitrogens is 4. The van der Waals surface area contributed by atoms with E-state index in [-0.39, 0.29) is 0 Å². The van der Waals surface area contributed by atoms with Crippen molar-refractivity contribution in [3.8, 4) is 22.8 Å². The van der Waals surface area contributed by atoms with Crippen molar-refractivity contribution >= 4 is 0 Å². The Hall–Kier alpha value is -2.62. The fourth-order valence-corrected chi connectivity index (χ4v) is 2.62. The van der Waals surface area contributed by atoms with Crippen molar-refractivity contribution in [1.82, 2.24) is 19.9 Å². The molecule has 0 spiro atoms. The second kappa shape index (κ2) is 7.77. The molecule has 2 aromatic heterocycles. The smallest absolute Gasteiger partial charge is 0.162 e. The molecule has 0 amide bonds. The summed E-state index contributed by atoms with van der Waals surface area (Å²) < 4.78 is 0. The van der Waals surface area contributed by atoms with Crippen molar-refractivity contribution < 1.29 is 0 Å². The second-order valence-corrected chi connectivity index (χ2v) is 5.91. The normalized spacial score (nSPS) is 10.8. The first-order valence-electron chi connectivity index (χ1n) is 8.52. The summed E-state index contributed by atoms with van der Waals surface area (Å²) >= 11 is 0. The number of aryl methyl sites for hydroxylation is 2. The summed E-state index contributed by atoms with van der Waals surface area (Å²) in [5, 5.41) is 0. The van der Waals surface area contributed by atoms with Gasteiger partial charge in [0.2, 0.25) is 0 Å². The molecule has 2 heterocycles. The van der Waals surface area contributed by atoms with Gasteiger partial charge in [0.15, 0.2) is 11.6 Å². The van der Waals surface area contributed by atoms with Gasteiger partial charge in [-0.3, -0.25) is 0 Å². The van der Waals surface area contributed by atoms with Crippen LogP contribution in [0, 0.1) is 0 Å². The summed E-state index contributed by atoms with van der Waals surface area (Å²) in [6.07, 6.45) is 11.7. The van der Waals surface area contributed by atoms with Crippen LogP contribution in [0.25, 0.3) is 22.8 Å². The molecule has 0 atom stereocenters. The van der Waals surface area contributed by atoms with E-state index in [2.05, 4.69) is 58.0 Å². The number of nitrogens with zero attached hydrogens (tertiary/aromatic N) is 4. The molecule has 0 radical (unpaired) electrons. The van der Waals surface area contributed by atoms with Crippen molar-refractivity contribution in [1.29, 1.82) is 0 Å². The van der Waals surface area contributed by atoms with Gasteiger partial charge in [-0.1, -0.05) is 51.0 Å². The molecule has 122 valence electrons. The zero-order valence-corrected chi connectivity index (χ0v) is 14.2. The van der Waals surface area contributed by atoms with Crippen LogP contribution in [0.15, 0.2) is 49.1 Å². The van der Waals surface area contributed by atoms with Crippen LogP contribution in [0.2, 0.25) is 0 Å². The van der Waals surface area contributed by atoms with Crippen LogP contribution in [0.5, 0.6) is 0 Å². The van der Waals surface area contributed by atoms with Crippen LogP contribution in [-0.2, 0) is 12.8 Å². The Morgan fingerprint density at radius 3 is 1.67 bits per heavy atom. The Morgan fingerprint density at radius 1 is 0.583 bits per heavy atom. The van der Waals surface area contributed by atoms with Gasteiger partial charge in [0.05, 0.1) is 5.56 Å². The lowest BCUT2D eigenvalue weighted by atomic mass is 10.1. The third kappa shape index (κ3) is 3.82. The van der Waals surface area contributed by atoms with Gasteiger partial charge in [0.25, 0.3) is 0 Å². The summed E-state index contributed by atoms with van der Waals surface area (Å²) in [6.45, 7) is 4.34. The van der Waals surface area contributed by atoms with Crippen LogP contribution in [-0.4, -0.2) is 19.9 Å². The lowest BCUT2D eigenvalue weighted by Gasteiger charge is -2.04. The van der Waals surface area contributed by atoms with Gasteiger partial charge >= 0.3 is 0 Å². The minimum Gasteiger partial charge on any atom is -0.236 e. The maximum atomic E-state index is 4.47. The minimum atomic E-state index is 0.666. The standard InChI is InChI=1S/C20H22N4/c1-3-5-15-7-9-17(10-8-15)19-23-13-18(14-24-19)20-21-11-16(6-4-2)12-22-20/h7-14H,3-6H2,1-2H3. The van der Waals surface area contributed by atoms with Crippen LogP contribution < -0.4 is 0 Å². The van der Waals surface area contributed by atoms with Gasteiger partial charge in [0, 0.05) is 30.4 Å². The zero-order valence-electron chi connectivity index (χ0n) is 14.2. The number of benzene rings is 1. The van der Waals surface area contributed by atoms with Crippen LogP contribution >= 0.6 is 0 Å². The molecule has 4 nitrogen and oxygen atoms in total. The van der Waals surface area contributed by atoms with Crippen LogP contribution in [0.1, 0.15) is 37.8 Å². The van der Waals surface area contributed by atoms with E-state index in [1.54, 1.807) is 12.4 Å². The number of hydrogen-bond donors (Lipinski definition) is 0. The predicted molar refractivity (Wildman–Crippen MR) is 96.5 cm³/mol. The Balaban J connectivity index is 1.77. The third-order valence-corrected chi connectivity index (χ3v) is 3.90. The first-order chi connectivity index (χ1) is 11.8. The van der Waals surface area contributed by atoms with Crippen molar-refractivity contribution in [2.45, 2.75) is 39.5 Å². The molecule has 0 bridgehead atoms. The molecule has 1 aromatic carbocycles. The maximum absolute atomic E-state index is 4.47. The zero-order chi connectivity index (χ0) is 16.8. The van der Waals surface area contributed by atoms with Gasteiger partial charge in [-0.15, -0.1) is 0 Å². The predicted octanol–water partition coefficient (Wildman–Crippen LogP) is 4.51. The molecule has 24 heavy (non-hydrogen) atoms. The monoisotopic (exact) mass is 318 g/mol. The van der Waals surface area contributed by atoms with Crippen LogP contribution in [0.3, 0.4) is 0 Å². The topological polar surface area (TPSA) is 51.6 Å². The molecule has 0 aliphatic heterocycles. The highest BCUT2D eigenvalue weighted by atomic mass is 14.9. The van der Waals surface area contributed by atoms with E-state index in [4.69, 9.17) is 0 Å². The van der Waals surface area contributed by atoms with E-state index in [1.807, 2.05) is 12.4 Å². The molecule has 0 unspecified atom stereocenters. The molecular weight excluding hydrogens is 296 g/mol. The third-order valence-electron chi connectivity index (χ3n) is 3.90. The summed E-state index contributed by atoms with van der Waals surface area (Å²) in [7, 11) is 0. The highest BCUT2D eigenvalue weighted by Gasteiger charge is 2.05. The van der Waals surface area contributed by atoms with E-state index in [0.717, 1.165) is 48.2 Å². The van der Waals surface area contributed by atoms with E-state index >= 15 is 0 Å². The summed E-state index contributed by atoms with van der Waals surface area (Å²) in [5.74, 6) is 1.39. The largest absolute Gasteiger partial charge is 0.236 e. The van der Waals surface area contributed by atoms with Crippen LogP contribution in [0.4, 0.5) is 0 Å². The Bertz CT molecular complexity index is 694. The van der Waals surface area contributed by atoms with E-state index in [9.17, 15) is 0 Å². The van der Waals surface area contributed by atoms with E-state index < -0.39 is 0 Å². The summed E-state index contributed by atoms with van der Waals surface area (Å²) in [4.78, 5) is 17.8. The highest BCUT2D eigenvalue weighted by Crippen LogP contribution is 2.19. The van der Waals surface area contributed by atoms with Crippen molar-refractivity contribution in [2.75, 3.05) is 0 Å². The van der Waals surface area contributed by atoms with Crippen molar-refractivity contribution in [3.05, 3.63) is 60.2 Å². The Labute approximate surface area is 143 Å². The molecular formula is C20H22N4. The van der Waals surface area contributed by atoms with E-state index in [1.165, 1.54) is 5.56 Å². The Kier molecular flexibility index (Phi) is 5.26. The first kappa shape index (κ1) is 16.2. The minimum absolute atomic E-state index is 0.666. The van der Waals surface area contributed by atoms with Crippen molar-refractivity contribution in [2.24, 2.45) is 0 Å². The van der Waals surface area contributed by atoms with Gasteiger partial charge in [-0.05, 0) is 24.0 Å². The average Bonchev–Trinajstić information content (AvgIpc) is 2.64. The average molecular weight is 318 g/mol. The number of hydrogen-bond acceptors (Lipinski definition) is 4. The first-order valence-corrected chi connectivity index (χ1v) is 8.52. The van der Waals surface area contributed by atoms with Crippen molar-refractivity contribution in [3.63, 3.8) is 0 Å². The fourth-order valence-electron chi connectivity index (χ4n) is 2.62. The molecule has 0 saturated carbocycles. The lowest BCUT2D eigenvalue weighted by Crippen LogP contribution is -1.95. The SMILES string of the molecule is CCCc1ccc(-c2ncc(-c3ncc(CCC)cn3)cn2)cc1. The molecule has 3 rings (SSSR count). The van der Waals surface area contributed by atoms with E-state index in [0.29, 0.717) is 5.82 Å². The molecule has 0 saturated heterocycles. The fraction of sp³-hybridized carbons (Fsp3) is 0.300. The summed E-state index contributed by atoms with van der Waals surface area (Å²) in [6, 6.07) is 8.45.